The van der Waals surface area contributed by atoms with Gasteiger partial charge in [0, 0.05) is 24.7 Å². The fourth-order valence-electron chi connectivity index (χ4n) is 4.96. The quantitative estimate of drug-likeness (QED) is 0.774. The van der Waals surface area contributed by atoms with Gasteiger partial charge in [-0.15, -0.1) is 0 Å². The second-order valence-corrected chi connectivity index (χ2v) is 6.99. The van der Waals surface area contributed by atoms with Crippen LogP contribution in [0.5, 0.6) is 0 Å². The summed E-state index contributed by atoms with van der Waals surface area (Å²) >= 11 is 0. The lowest BCUT2D eigenvalue weighted by Gasteiger charge is -2.52. The summed E-state index contributed by atoms with van der Waals surface area (Å²) in [5, 5.41) is 9.91. The highest BCUT2D eigenvalue weighted by molar-refractivity contribution is 5.03. The van der Waals surface area contributed by atoms with Crippen LogP contribution < -0.4 is 0 Å². The zero-order chi connectivity index (χ0) is 12.2. The molecule has 3 unspecified atom stereocenters. The monoisotopic (exact) mass is 251 g/mol. The molecule has 3 aliphatic heterocycles. The summed E-state index contributed by atoms with van der Waals surface area (Å²) in [4.78, 5) is 2.79. The molecule has 1 aliphatic carbocycles. The Morgan fingerprint density at radius 3 is 2.33 bits per heavy atom. The Morgan fingerprint density at radius 1 is 1.00 bits per heavy atom. The van der Waals surface area contributed by atoms with E-state index in [1.54, 1.807) is 0 Å². The zero-order valence-electron chi connectivity index (χ0n) is 11.2. The molecule has 0 radical (unpaired) electrons. The third-order valence-electron chi connectivity index (χ3n) is 5.92. The van der Waals surface area contributed by atoms with Crippen LogP contribution >= 0.6 is 0 Å². The Morgan fingerprint density at radius 2 is 1.72 bits per heavy atom. The van der Waals surface area contributed by atoms with Gasteiger partial charge in [-0.2, -0.15) is 0 Å². The fraction of sp³-hybridized carbons (Fsp3) is 1.00. The van der Waals surface area contributed by atoms with Gasteiger partial charge in [-0.3, -0.25) is 4.90 Å². The number of ether oxygens (including phenoxy) is 1. The van der Waals surface area contributed by atoms with Crippen LogP contribution in [0.1, 0.15) is 57.8 Å². The van der Waals surface area contributed by atoms with Gasteiger partial charge in [0.1, 0.15) is 0 Å². The first-order chi connectivity index (χ1) is 8.76. The third kappa shape index (κ3) is 1.75. The molecule has 0 aromatic heterocycles. The van der Waals surface area contributed by atoms with E-state index in [9.17, 15) is 5.11 Å². The van der Waals surface area contributed by atoms with Crippen molar-refractivity contribution in [3.63, 3.8) is 0 Å². The lowest BCUT2D eigenvalue weighted by atomic mass is 9.73. The molecule has 0 amide bonds. The summed E-state index contributed by atoms with van der Waals surface area (Å²) in [5.74, 6) is 0. The normalized spacial score (nSPS) is 47.2. The van der Waals surface area contributed by atoms with E-state index in [-0.39, 0.29) is 11.7 Å². The molecular weight excluding hydrogens is 226 g/mol. The third-order valence-corrected chi connectivity index (χ3v) is 5.92. The minimum atomic E-state index is -0.0312. The van der Waals surface area contributed by atoms with E-state index in [1.165, 1.54) is 44.9 Å². The van der Waals surface area contributed by atoms with Gasteiger partial charge in [0.25, 0.3) is 0 Å². The Labute approximate surface area is 109 Å². The molecule has 4 fully saturated rings. The van der Waals surface area contributed by atoms with Crippen LogP contribution in [0.15, 0.2) is 0 Å². The molecule has 4 rings (SSSR count). The van der Waals surface area contributed by atoms with Gasteiger partial charge in [0.2, 0.25) is 0 Å². The van der Waals surface area contributed by atoms with Crippen molar-refractivity contribution in [3.05, 3.63) is 0 Å². The van der Waals surface area contributed by atoms with Crippen molar-refractivity contribution in [1.29, 1.82) is 0 Å². The second kappa shape index (κ2) is 4.19. The van der Waals surface area contributed by atoms with Crippen molar-refractivity contribution >= 4 is 0 Å². The van der Waals surface area contributed by atoms with Crippen molar-refractivity contribution in [2.45, 2.75) is 87.6 Å². The smallest absolute Gasteiger partial charge is 0.0697 e. The first-order valence-electron chi connectivity index (χ1n) is 7.85. The SMILES string of the molecule is OC1CC2CCC(C1)N2C1CCOC2(CCC2)C1. The predicted molar refractivity (Wildman–Crippen MR) is 69.4 cm³/mol. The van der Waals surface area contributed by atoms with E-state index < -0.39 is 0 Å². The highest BCUT2D eigenvalue weighted by Crippen LogP contribution is 2.47. The van der Waals surface area contributed by atoms with Gasteiger partial charge < -0.3 is 9.84 Å². The molecular formula is C15H25NO2. The fourth-order valence-corrected chi connectivity index (χ4v) is 4.96. The van der Waals surface area contributed by atoms with Crippen LogP contribution in [0, 0.1) is 0 Å². The molecule has 1 saturated carbocycles. The summed E-state index contributed by atoms with van der Waals surface area (Å²) in [6.45, 7) is 0.961. The predicted octanol–water partition coefficient (Wildman–Crippen LogP) is 2.08. The lowest BCUT2D eigenvalue weighted by Crippen LogP contribution is -2.57. The maximum atomic E-state index is 9.91. The summed E-state index contributed by atoms with van der Waals surface area (Å²) in [7, 11) is 0. The number of rotatable bonds is 1. The van der Waals surface area contributed by atoms with Gasteiger partial charge in [0.15, 0.2) is 0 Å². The standard InChI is InChI=1S/C15H25NO2/c17-14-8-11-2-3-12(9-14)16(11)13-4-7-18-15(10-13)5-1-6-15/h11-14,17H,1-10H2. The van der Waals surface area contributed by atoms with Crippen molar-refractivity contribution < 1.29 is 9.84 Å². The molecule has 3 saturated heterocycles. The first-order valence-corrected chi connectivity index (χ1v) is 7.85. The molecule has 3 nitrogen and oxygen atoms in total. The largest absolute Gasteiger partial charge is 0.393 e. The van der Waals surface area contributed by atoms with Gasteiger partial charge >= 0.3 is 0 Å². The number of aliphatic hydroxyl groups is 1. The van der Waals surface area contributed by atoms with Gasteiger partial charge in [-0.25, -0.2) is 0 Å². The van der Waals surface area contributed by atoms with Gasteiger partial charge in [-0.05, 0) is 57.8 Å². The Bertz CT molecular complexity index is 314. The molecule has 3 heteroatoms. The number of hydrogen-bond acceptors (Lipinski definition) is 3. The summed E-state index contributed by atoms with van der Waals surface area (Å²) in [6, 6.07) is 2.07. The first kappa shape index (κ1) is 11.7. The average Bonchev–Trinajstić information content (AvgIpc) is 2.60. The van der Waals surface area contributed by atoms with Gasteiger partial charge in [-0.1, -0.05) is 0 Å². The van der Waals surface area contributed by atoms with E-state index in [1.807, 2.05) is 0 Å². The molecule has 1 N–H and O–H groups in total. The van der Waals surface area contributed by atoms with E-state index in [4.69, 9.17) is 4.74 Å². The van der Waals surface area contributed by atoms with Gasteiger partial charge in [0.05, 0.1) is 11.7 Å². The van der Waals surface area contributed by atoms with E-state index in [0.717, 1.165) is 25.5 Å². The van der Waals surface area contributed by atoms with Crippen LogP contribution in [0.2, 0.25) is 0 Å². The highest BCUT2D eigenvalue weighted by atomic mass is 16.5. The van der Waals surface area contributed by atoms with Crippen molar-refractivity contribution in [2.75, 3.05) is 6.61 Å². The van der Waals surface area contributed by atoms with Crippen molar-refractivity contribution in [3.8, 4) is 0 Å². The maximum Gasteiger partial charge on any atom is 0.0697 e. The number of aliphatic hydroxyl groups excluding tert-OH is 1. The van der Waals surface area contributed by atoms with Crippen molar-refractivity contribution in [1.82, 2.24) is 4.90 Å². The summed E-state index contributed by atoms with van der Waals surface area (Å²) in [5.41, 5.74) is 0.262. The zero-order valence-corrected chi connectivity index (χ0v) is 11.2. The summed E-state index contributed by atoms with van der Waals surface area (Å²) in [6.07, 6.45) is 11.0. The maximum absolute atomic E-state index is 9.91. The molecule has 0 aromatic carbocycles. The lowest BCUT2D eigenvalue weighted by molar-refractivity contribution is -0.157. The van der Waals surface area contributed by atoms with Crippen LogP contribution in [0.25, 0.3) is 0 Å². The van der Waals surface area contributed by atoms with Crippen molar-refractivity contribution in [2.24, 2.45) is 0 Å². The molecule has 18 heavy (non-hydrogen) atoms. The Balaban J connectivity index is 1.50. The number of piperidine rings is 1. The molecule has 2 bridgehead atoms. The molecule has 3 heterocycles. The van der Waals surface area contributed by atoms with Crippen LogP contribution in [0.3, 0.4) is 0 Å². The summed E-state index contributed by atoms with van der Waals surface area (Å²) < 4.78 is 6.06. The second-order valence-electron chi connectivity index (χ2n) is 6.99. The minimum absolute atomic E-state index is 0.0312. The molecule has 102 valence electrons. The molecule has 3 atom stereocenters. The number of fused-ring (bicyclic) bond motifs is 2. The number of hydrogen-bond donors (Lipinski definition) is 1. The van der Waals surface area contributed by atoms with E-state index >= 15 is 0 Å². The molecule has 4 aliphatic rings. The van der Waals surface area contributed by atoms with Crippen LogP contribution in [-0.2, 0) is 4.74 Å². The van der Waals surface area contributed by atoms with E-state index in [0.29, 0.717) is 12.1 Å². The Hall–Kier alpha value is -0.120. The van der Waals surface area contributed by atoms with E-state index in [2.05, 4.69) is 4.90 Å². The average molecular weight is 251 g/mol. The van der Waals surface area contributed by atoms with Crippen LogP contribution in [0.4, 0.5) is 0 Å². The minimum Gasteiger partial charge on any atom is -0.393 e. The molecule has 1 spiro atoms. The van der Waals surface area contributed by atoms with Crippen LogP contribution in [-0.4, -0.2) is 46.4 Å². The highest BCUT2D eigenvalue weighted by Gasteiger charge is 2.49. The number of nitrogens with zero attached hydrogens (tertiary/aromatic N) is 1. The molecule has 0 aromatic rings. The topological polar surface area (TPSA) is 32.7 Å². The Kier molecular flexibility index (Phi) is 2.72.